The normalized spacial score (nSPS) is 11.0. The zero-order valence-electron chi connectivity index (χ0n) is 12.1. The van der Waals surface area contributed by atoms with Crippen LogP contribution in [0.2, 0.25) is 0 Å². The maximum absolute atomic E-state index is 13.5. The maximum atomic E-state index is 13.5. The predicted molar refractivity (Wildman–Crippen MR) is 98.0 cm³/mol. The summed E-state index contributed by atoms with van der Waals surface area (Å²) in [7, 11) is 1.67. The number of guanidine groups is 1. The zero-order chi connectivity index (χ0) is 15.1. The van der Waals surface area contributed by atoms with Gasteiger partial charge in [-0.15, -0.1) is 35.3 Å². The van der Waals surface area contributed by atoms with Crippen LogP contribution in [0.5, 0.6) is 0 Å². The monoisotopic (exact) mass is 437 g/mol. The van der Waals surface area contributed by atoms with Crippen molar-refractivity contribution in [2.24, 2.45) is 4.99 Å². The Bertz CT molecular complexity index is 603. The zero-order valence-corrected chi connectivity index (χ0v) is 15.3. The molecule has 0 bridgehead atoms. The summed E-state index contributed by atoms with van der Waals surface area (Å²) >= 11 is 1.66. The lowest BCUT2D eigenvalue weighted by molar-refractivity contribution is 0.583. The Morgan fingerprint density at radius 2 is 2.05 bits per heavy atom. The average Bonchev–Trinajstić information content (AvgIpc) is 2.99. The lowest BCUT2D eigenvalue weighted by atomic mass is 10.1. The summed E-state index contributed by atoms with van der Waals surface area (Å²) in [4.78, 5) is 5.29. The van der Waals surface area contributed by atoms with Crippen LogP contribution >= 0.6 is 35.3 Å². The van der Waals surface area contributed by atoms with Gasteiger partial charge in [0.05, 0.1) is 6.54 Å². The standard InChI is InChI=1S/C15H17F2N3S.HI/c1-18-15(20-10-13-3-2-8-21-13)19-7-6-11-9-12(16)4-5-14(11)17;/h2-5,8-9H,6-7,10H2,1H3,(H2,18,19,20);1H. The average molecular weight is 437 g/mol. The topological polar surface area (TPSA) is 36.4 Å². The van der Waals surface area contributed by atoms with E-state index < -0.39 is 5.82 Å². The van der Waals surface area contributed by atoms with Gasteiger partial charge in [-0.2, -0.15) is 0 Å². The van der Waals surface area contributed by atoms with Crippen molar-refractivity contribution in [1.29, 1.82) is 0 Å². The highest BCUT2D eigenvalue weighted by atomic mass is 127. The van der Waals surface area contributed by atoms with Crippen molar-refractivity contribution >= 4 is 41.3 Å². The first-order valence-electron chi connectivity index (χ1n) is 6.60. The number of halogens is 3. The van der Waals surface area contributed by atoms with Crippen LogP contribution in [0.15, 0.2) is 40.7 Å². The predicted octanol–water partition coefficient (Wildman–Crippen LogP) is 3.55. The van der Waals surface area contributed by atoms with Crippen molar-refractivity contribution in [3.8, 4) is 0 Å². The molecule has 1 aromatic heterocycles. The third kappa shape index (κ3) is 5.88. The van der Waals surface area contributed by atoms with Crippen LogP contribution < -0.4 is 10.6 Å². The molecule has 120 valence electrons. The molecule has 0 aliphatic heterocycles. The number of thiophene rings is 1. The minimum atomic E-state index is -0.424. The van der Waals surface area contributed by atoms with Crippen molar-refractivity contribution in [2.75, 3.05) is 13.6 Å². The number of hydrogen-bond acceptors (Lipinski definition) is 2. The maximum Gasteiger partial charge on any atom is 0.191 e. The molecule has 1 heterocycles. The molecule has 0 aliphatic rings. The Morgan fingerprint density at radius 1 is 1.23 bits per heavy atom. The molecular formula is C15H18F2IN3S. The number of nitrogens with zero attached hydrogens (tertiary/aromatic N) is 1. The van der Waals surface area contributed by atoms with E-state index in [0.29, 0.717) is 31.0 Å². The minimum absolute atomic E-state index is 0. The Kier molecular flexibility index (Phi) is 8.32. The molecule has 0 fully saturated rings. The molecule has 0 saturated carbocycles. The van der Waals surface area contributed by atoms with Gasteiger partial charge in [0.2, 0.25) is 0 Å². The summed E-state index contributed by atoms with van der Waals surface area (Å²) in [6.45, 7) is 1.16. The largest absolute Gasteiger partial charge is 0.356 e. The Balaban J connectivity index is 0.00000242. The van der Waals surface area contributed by atoms with E-state index in [2.05, 4.69) is 15.6 Å². The molecule has 0 radical (unpaired) electrons. The van der Waals surface area contributed by atoms with E-state index in [0.717, 1.165) is 12.1 Å². The fraction of sp³-hybridized carbons (Fsp3) is 0.267. The Hall–Kier alpha value is -1.22. The highest BCUT2D eigenvalue weighted by Gasteiger charge is 2.04. The van der Waals surface area contributed by atoms with Gasteiger partial charge in [-0.05, 0) is 41.6 Å². The van der Waals surface area contributed by atoms with E-state index in [1.54, 1.807) is 18.4 Å². The van der Waals surface area contributed by atoms with E-state index in [4.69, 9.17) is 0 Å². The van der Waals surface area contributed by atoms with E-state index in [-0.39, 0.29) is 29.8 Å². The molecule has 2 N–H and O–H groups in total. The fourth-order valence-electron chi connectivity index (χ4n) is 1.86. The van der Waals surface area contributed by atoms with Crippen molar-refractivity contribution in [3.05, 3.63) is 57.8 Å². The lowest BCUT2D eigenvalue weighted by Gasteiger charge is -2.11. The molecule has 22 heavy (non-hydrogen) atoms. The Morgan fingerprint density at radius 3 is 2.73 bits per heavy atom. The van der Waals surface area contributed by atoms with Gasteiger partial charge in [0.15, 0.2) is 5.96 Å². The van der Waals surface area contributed by atoms with Gasteiger partial charge in [-0.3, -0.25) is 4.99 Å². The number of nitrogens with one attached hydrogen (secondary N) is 2. The molecule has 0 atom stereocenters. The second-order valence-corrected chi connectivity index (χ2v) is 5.45. The molecule has 0 amide bonds. The molecule has 7 heteroatoms. The number of hydrogen-bond donors (Lipinski definition) is 2. The van der Waals surface area contributed by atoms with Crippen LogP contribution in [0.1, 0.15) is 10.4 Å². The fourth-order valence-corrected chi connectivity index (χ4v) is 2.50. The van der Waals surface area contributed by atoms with Gasteiger partial charge in [0.25, 0.3) is 0 Å². The molecule has 0 spiro atoms. The molecule has 2 rings (SSSR count). The SMILES string of the molecule is CN=C(NCCc1cc(F)ccc1F)NCc1cccs1.I. The first-order chi connectivity index (χ1) is 10.2. The highest BCUT2D eigenvalue weighted by molar-refractivity contribution is 14.0. The van der Waals surface area contributed by atoms with Crippen molar-refractivity contribution in [2.45, 2.75) is 13.0 Å². The summed E-state index contributed by atoms with van der Waals surface area (Å²) < 4.78 is 26.5. The number of benzene rings is 1. The minimum Gasteiger partial charge on any atom is -0.356 e. The lowest BCUT2D eigenvalue weighted by Crippen LogP contribution is -2.37. The van der Waals surface area contributed by atoms with Gasteiger partial charge >= 0.3 is 0 Å². The van der Waals surface area contributed by atoms with Crippen molar-refractivity contribution < 1.29 is 8.78 Å². The Labute approximate surface area is 149 Å². The van der Waals surface area contributed by atoms with Crippen molar-refractivity contribution in [1.82, 2.24) is 10.6 Å². The summed E-state index contributed by atoms with van der Waals surface area (Å²) in [5.74, 6) is -0.174. The molecule has 0 aliphatic carbocycles. The van der Waals surface area contributed by atoms with E-state index in [1.165, 1.54) is 10.9 Å². The van der Waals surface area contributed by atoms with Crippen LogP contribution in [0.3, 0.4) is 0 Å². The number of rotatable bonds is 5. The van der Waals surface area contributed by atoms with Gasteiger partial charge in [-0.25, -0.2) is 8.78 Å². The van der Waals surface area contributed by atoms with Gasteiger partial charge in [0, 0.05) is 18.5 Å². The summed E-state index contributed by atoms with van der Waals surface area (Å²) in [5.41, 5.74) is 0.358. The van der Waals surface area contributed by atoms with Gasteiger partial charge in [-0.1, -0.05) is 6.07 Å². The molecule has 1 aromatic carbocycles. The van der Waals surface area contributed by atoms with E-state index in [1.807, 2.05) is 17.5 Å². The molecule has 2 aromatic rings. The smallest absolute Gasteiger partial charge is 0.191 e. The first-order valence-corrected chi connectivity index (χ1v) is 7.48. The second kappa shape index (κ2) is 9.73. The number of aliphatic imine (C=N–C) groups is 1. The van der Waals surface area contributed by atoms with Crippen LogP contribution in [0.4, 0.5) is 8.78 Å². The summed E-state index contributed by atoms with van der Waals surface area (Å²) in [6, 6.07) is 7.51. The quantitative estimate of drug-likeness (QED) is 0.427. The van der Waals surface area contributed by atoms with E-state index >= 15 is 0 Å². The third-order valence-electron chi connectivity index (χ3n) is 2.93. The van der Waals surface area contributed by atoms with Crippen LogP contribution in [0, 0.1) is 11.6 Å². The third-order valence-corrected chi connectivity index (χ3v) is 3.80. The van der Waals surface area contributed by atoms with Crippen LogP contribution in [0.25, 0.3) is 0 Å². The van der Waals surface area contributed by atoms with Crippen molar-refractivity contribution in [3.63, 3.8) is 0 Å². The molecule has 0 saturated heterocycles. The second-order valence-electron chi connectivity index (χ2n) is 4.42. The molecule has 3 nitrogen and oxygen atoms in total. The first kappa shape index (κ1) is 18.8. The summed E-state index contributed by atoms with van der Waals surface area (Å²) in [6.07, 6.45) is 0.392. The van der Waals surface area contributed by atoms with Crippen LogP contribution in [-0.4, -0.2) is 19.6 Å². The molecular weight excluding hydrogens is 419 g/mol. The molecule has 0 unspecified atom stereocenters. The highest BCUT2D eigenvalue weighted by Crippen LogP contribution is 2.10. The van der Waals surface area contributed by atoms with Gasteiger partial charge in [0.1, 0.15) is 11.6 Å². The van der Waals surface area contributed by atoms with Gasteiger partial charge < -0.3 is 10.6 Å². The van der Waals surface area contributed by atoms with Crippen LogP contribution in [-0.2, 0) is 13.0 Å². The van der Waals surface area contributed by atoms with E-state index in [9.17, 15) is 8.78 Å². The summed E-state index contributed by atoms with van der Waals surface area (Å²) in [5, 5.41) is 8.26.